The maximum atomic E-state index is 12.9. The average molecular weight is 467 g/mol. The summed E-state index contributed by atoms with van der Waals surface area (Å²) in [5, 5.41) is 9.68. The van der Waals surface area contributed by atoms with E-state index in [0.29, 0.717) is 30.6 Å². The molecule has 1 amide bonds. The molecule has 5 N–H and O–H groups in total. The predicted octanol–water partition coefficient (Wildman–Crippen LogP) is 2.76. The number of hydrogen-bond donors (Lipinski definition) is 4. The van der Waals surface area contributed by atoms with Crippen molar-refractivity contribution in [3.8, 4) is 11.5 Å². The molecule has 182 valence electrons. The fourth-order valence-electron chi connectivity index (χ4n) is 5.34. The quantitative estimate of drug-likeness (QED) is 0.412. The first-order chi connectivity index (χ1) is 16.6. The van der Waals surface area contributed by atoms with E-state index >= 15 is 0 Å². The number of piperidine rings is 1. The van der Waals surface area contributed by atoms with Crippen LogP contribution < -0.4 is 32.1 Å². The van der Waals surface area contributed by atoms with Crippen molar-refractivity contribution in [2.75, 3.05) is 31.5 Å². The van der Waals surface area contributed by atoms with Crippen LogP contribution in [0.5, 0.6) is 11.5 Å². The summed E-state index contributed by atoms with van der Waals surface area (Å²) >= 11 is 0. The van der Waals surface area contributed by atoms with E-state index < -0.39 is 0 Å². The number of nitrogens with one attached hydrogen (secondary N) is 3. The maximum absolute atomic E-state index is 12.9. The average Bonchev–Trinajstić information content (AvgIpc) is 2.87. The minimum Gasteiger partial charge on any atom is -0.450 e. The molecule has 0 unspecified atom stereocenters. The van der Waals surface area contributed by atoms with Crippen molar-refractivity contribution in [3.63, 3.8) is 0 Å². The lowest BCUT2D eigenvalue weighted by atomic mass is 9.85. The summed E-state index contributed by atoms with van der Waals surface area (Å²) in [5.41, 5.74) is 7.35. The fourth-order valence-corrected chi connectivity index (χ4v) is 5.34. The van der Waals surface area contributed by atoms with Gasteiger partial charge in [0, 0.05) is 18.5 Å². The molecule has 2 fully saturated rings. The van der Waals surface area contributed by atoms with Gasteiger partial charge in [-0.2, -0.15) is 4.98 Å². The SMILES string of the molecule is NCCCNC(=O)[C@H]1CC[C@H](n2cc3c(nc2=O)Nc2cc(C4CCNCC4)ccc2O3)CC1. The van der Waals surface area contributed by atoms with Crippen LogP contribution in [-0.2, 0) is 4.79 Å². The highest BCUT2D eigenvalue weighted by atomic mass is 16.5. The topological polar surface area (TPSA) is 123 Å². The smallest absolute Gasteiger partial charge is 0.350 e. The zero-order valence-electron chi connectivity index (χ0n) is 19.5. The monoisotopic (exact) mass is 466 g/mol. The molecule has 0 radical (unpaired) electrons. The van der Waals surface area contributed by atoms with Crippen molar-refractivity contribution < 1.29 is 9.53 Å². The van der Waals surface area contributed by atoms with Gasteiger partial charge in [0.25, 0.3) is 0 Å². The molecule has 0 bridgehead atoms. The first-order valence-corrected chi connectivity index (χ1v) is 12.5. The van der Waals surface area contributed by atoms with Crippen LogP contribution in [0.1, 0.15) is 62.5 Å². The summed E-state index contributed by atoms with van der Waals surface area (Å²) in [6.45, 7) is 3.27. The van der Waals surface area contributed by atoms with Gasteiger partial charge in [-0.25, -0.2) is 4.79 Å². The Bertz CT molecular complexity index is 1090. The highest BCUT2D eigenvalue weighted by molar-refractivity contribution is 5.78. The number of benzene rings is 1. The number of nitrogens with two attached hydrogens (primary N) is 1. The van der Waals surface area contributed by atoms with Gasteiger partial charge in [-0.3, -0.25) is 9.36 Å². The number of hydrogen-bond acceptors (Lipinski definition) is 7. The van der Waals surface area contributed by atoms with E-state index in [1.165, 1.54) is 5.56 Å². The first-order valence-electron chi connectivity index (χ1n) is 12.5. The summed E-state index contributed by atoms with van der Waals surface area (Å²) in [6.07, 6.45) is 7.83. The van der Waals surface area contributed by atoms with Crippen molar-refractivity contribution in [1.29, 1.82) is 0 Å². The number of anilines is 2. The van der Waals surface area contributed by atoms with Crippen LogP contribution >= 0.6 is 0 Å². The van der Waals surface area contributed by atoms with Gasteiger partial charge < -0.3 is 26.4 Å². The van der Waals surface area contributed by atoms with Crippen LogP contribution in [0, 0.1) is 5.92 Å². The van der Waals surface area contributed by atoms with E-state index in [-0.39, 0.29) is 23.6 Å². The first kappa shape index (κ1) is 22.9. The maximum Gasteiger partial charge on any atom is 0.350 e. The minimum absolute atomic E-state index is 0.00533. The van der Waals surface area contributed by atoms with Crippen LogP contribution in [0.4, 0.5) is 11.5 Å². The number of amides is 1. The van der Waals surface area contributed by atoms with E-state index in [0.717, 1.165) is 69.5 Å². The molecule has 2 aliphatic heterocycles. The zero-order valence-corrected chi connectivity index (χ0v) is 19.5. The molecule has 0 spiro atoms. The van der Waals surface area contributed by atoms with Crippen molar-refractivity contribution in [2.45, 2.75) is 56.9 Å². The van der Waals surface area contributed by atoms with Crippen molar-refractivity contribution in [2.24, 2.45) is 11.7 Å². The van der Waals surface area contributed by atoms with Crippen LogP contribution in [0.25, 0.3) is 0 Å². The molecule has 34 heavy (non-hydrogen) atoms. The number of nitrogens with zero attached hydrogens (tertiary/aromatic N) is 2. The molecular weight excluding hydrogens is 432 g/mol. The van der Waals surface area contributed by atoms with Gasteiger partial charge in [0.1, 0.15) is 0 Å². The molecule has 1 aromatic heterocycles. The Morgan fingerprint density at radius 3 is 2.71 bits per heavy atom. The molecule has 5 rings (SSSR count). The van der Waals surface area contributed by atoms with Crippen LogP contribution in [0.15, 0.2) is 29.2 Å². The Morgan fingerprint density at radius 1 is 1.15 bits per heavy atom. The van der Waals surface area contributed by atoms with Gasteiger partial charge in [0.2, 0.25) is 5.91 Å². The molecule has 3 heterocycles. The van der Waals surface area contributed by atoms with E-state index in [1.807, 2.05) is 6.07 Å². The zero-order chi connectivity index (χ0) is 23.5. The molecule has 1 saturated heterocycles. The summed E-state index contributed by atoms with van der Waals surface area (Å²) in [4.78, 5) is 29.5. The Kier molecular flexibility index (Phi) is 6.82. The second-order valence-corrected chi connectivity index (χ2v) is 9.59. The van der Waals surface area contributed by atoms with E-state index in [4.69, 9.17) is 10.5 Å². The molecule has 1 aromatic carbocycles. The number of aromatic nitrogens is 2. The van der Waals surface area contributed by atoms with Gasteiger partial charge >= 0.3 is 5.69 Å². The third-order valence-electron chi connectivity index (χ3n) is 7.35. The second-order valence-electron chi connectivity index (χ2n) is 9.59. The lowest BCUT2D eigenvalue weighted by Crippen LogP contribution is -2.36. The van der Waals surface area contributed by atoms with Gasteiger partial charge in [0.15, 0.2) is 17.3 Å². The standard InChI is InChI=1S/C25H34N6O3/c26-10-1-11-28-24(32)17-2-5-19(6-3-17)31-15-22-23(30-25(31)33)29-20-14-18(4-7-21(20)34-22)16-8-12-27-13-9-16/h4,7,14-17,19,27H,1-3,5-6,8-13,26H2,(H,28,32)(H,29,30,33)/t17-,19-. The molecule has 9 nitrogen and oxygen atoms in total. The highest BCUT2D eigenvalue weighted by Gasteiger charge is 2.29. The van der Waals surface area contributed by atoms with Crippen LogP contribution in [0.2, 0.25) is 0 Å². The van der Waals surface area contributed by atoms with Gasteiger partial charge in [-0.05, 0) is 88.2 Å². The lowest BCUT2D eigenvalue weighted by molar-refractivity contribution is -0.126. The number of rotatable bonds is 6. The lowest BCUT2D eigenvalue weighted by Gasteiger charge is -2.30. The van der Waals surface area contributed by atoms with E-state index in [9.17, 15) is 9.59 Å². The molecular formula is C25H34N6O3. The third-order valence-corrected chi connectivity index (χ3v) is 7.35. The molecule has 1 aliphatic carbocycles. The van der Waals surface area contributed by atoms with E-state index in [2.05, 4.69) is 33.1 Å². The summed E-state index contributed by atoms with van der Waals surface area (Å²) in [6, 6.07) is 6.30. The summed E-state index contributed by atoms with van der Waals surface area (Å²) < 4.78 is 7.83. The summed E-state index contributed by atoms with van der Waals surface area (Å²) in [7, 11) is 0. The number of carbonyl (C=O) groups is 1. The molecule has 2 aromatic rings. The van der Waals surface area contributed by atoms with Crippen LogP contribution in [0.3, 0.4) is 0 Å². The van der Waals surface area contributed by atoms with Gasteiger partial charge in [0.05, 0.1) is 11.9 Å². The Labute approximate surface area is 199 Å². The fraction of sp³-hybridized carbons (Fsp3) is 0.560. The van der Waals surface area contributed by atoms with Gasteiger partial charge in [-0.15, -0.1) is 0 Å². The van der Waals surface area contributed by atoms with Crippen LogP contribution in [-0.4, -0.2) is 41.6 Å². The number of carbonyl (C=O) groups excluding carboxylic acids is 1. The number of ether oxygens (including phenoxy) is 1. The van der Waals surface area contributed by atoms with Crippen molar-refractivity contribution >= 4 is 17.4 Å². The number of fused-ring (bicyclic) bond motifs is 2. The largest absolute Gasteiger partial charge is 0.450 e. The normalized spacial score (nSPS) is 22.1. The molecule has 0 atom stereocenters. The molecule has 3 aliphatic rings. The highest BCUT2D eigenvalue weighted by Crippen LogP contribution is 2.43. The van der Waals surface area contributed by atoms with Crippen molar-refractivity contribution in [1.82, 2.24) is 20.2 Å². The molecule has 9 heteroatoms. The Hall–Kier alpha value is -2.91. The third kappa shape index (κ3) is 4.81. The predicted molar refractivity (Wildman–Crippen MR) is 131 cm³/mol. The minimum atomic E-state index is -0.288. The Morgan fingerprint density at radius 2 is 1.94 bits per heavy atom. The summed E-state index contributed by atoms with van der Waals surface area (Å²) in [5.74, 6) is 2.39. The molecule has 1 saturated carbocycles. The Balaban J connectivity index is 1.26. The van der Waals surface area contributed by atoms with E-state index in [1.54, 1.807) is 10.8 Å². The van der Waals surface area contributed by atoms with Crippen molar-refractivity contribution in [3.05, 3.63) is 40.4 Å². The second kappa shape index (κ2) is 10.1. The van der Waals surface area contributed by atoms with Gasteiger partial charge in [-0.1, -0.05) is 6.07 Å².